The summed E-state index contributed by atoms with van der Waals surface area (Å²) in [5.74, 6) is 0.295. The lowest BCUT2D eigenvalue weighted by atomic mass is 10.1. The largest absolute Gasteiger partial charge is 0.300 e. The van der Waals surface area contributed by atoms with Crippen LogP contribution in [0.2, 0.25) is 0 Å². The average Bonchev–Trinajstić information content (AvgIpc) is 1.87. The molecule has 0 unspecified atom stereocenters. The van der Waals surface area contributed by atoms with Crippen LogP contribution in [0.25, 0.3) is 0 Å². The first kappa shape index (κ1) is 9.41. The van der Waals surface area contributed by atoms with Crippen LogP contribution in [-0.2, 0) is 4.79 Å². The third-order valence-corrected chi connectivity index (χ3v) is 1.59. The molecular weight excluding hydrogens is 124 g/mol. The molecule has 10 heavy (non-hydrogen) atoms. The Kier molecular flexibility index (Phi) is 4.91. The van der Waals surface area contributed by atoms with E-state index in [1.165, 1.54) is 5.57 Å². The van der Waals surface area contributed by atoms with Crippen molar-refractivity contribution >= 4 is 5.78 Å². The van der Waals surface area contributed by atoms with Gasteiger partial charge in [-0.3, -0.25) is 0 Å². The molecule has 0 atom stereocenters. The van der Waals surface area contributed by atoms with Gasteiger partial charge in [-0.05, 0) is 33.6 Å². The van der Waals surface area contributed by atoms with Gasteiger partial charge in [0, 0.05) is 6.42 Å². The van der Waals surface area contributed by atoms with Crippen LogP contribution in [0.5, 0.6) is 0 Å². The number of allylic oxidation sites excluding steroid dienone is 2. The van der Waals surface area contributed by atoms with E-state index in [-0.39, 0.29) is 0 Å². The van der Waals surface area contributed by atoms with E-state index < -0.39 is 0 Å². The van der Waals surface area contributed by atoms with Crippen LogP contribution < -0.4 is 0 Å². The second kappa shape index (κ2) is 5.21. The minimum atomic E-state index is 0.295. The van der Waals surface area contributed by atoms with Crippen molar-refractivity contribution < 1.29 is 4.79 Å². The van der Waals surface area contributed by atoms with Gasteiger partial charge in [0.25, 0.3) is 0 Å². The number of rotatable bonds is 4. The minimum absolute atomic E-state index is 0.295. The highest BCUT2D eigenvalue weighted by molar-refractivity contribution is 5.75. The van der Waals surface area contributed by atoms with Crippen LogP contribution in [0.3, 0.4) is 0 Å². The average molecular weight is 140 g/mol. The lowest BCUT2D eigenvalue weighted by Crippen LogP contribution is -1.89. The fourth-order valence-corrected chi connectivity index (χ4v) is 0.761. The molecule has 0 N–H and O–H groups in total. The Morgan fingerprint density at radius 2 is 1.90 bits per heavy atom. The van der Waals surface area contributed by atoms with Gasteiger partial charge in [0.1, 0.15) is 5.78 Å². The highest BCUT2D eigenvalue weighted by Gasteiger charge is 1.93. The van der Waals surface area contributed by atoms with Crippen LogP contribution >= 0.6 is 0 Å². The number of ketones is 1. The Bertz CT molecular complexity index is 134. The van der Waals surface area contributed by atoms with Crippen LogP contribution in [0.15, 0.2) is 11.6 Å². The zero-order valence-corrected chi connectivity index (χ0v) is 7.11. The Morgan fingerprint density at radius 1 is 1.30 bits per heavy atom. The molecule has 0 saturated heterocycles. The third kappa shape index (κ3) is 5.54. The molecule has 0 aromatic carbocycles. The Balaban J connectivity index is 3.29. The molecule has 0 amide bonds. The van der Waals surface area contributed by atoms with Gasteiger partial charge >= 0.3 is 0 Å². The second-order valence-electron chi connectivity index (χ2n) is 2.69. The van der Waals surface area contributed by atoms with Crippen molar-refractivity contribution in [3.63, 3.8) is 0 Å². The fourth-order valence-electron chi connectivity index (χ4n) is 0.761. The van der Waals surface area contributed by atoms with E-state index in [0.717, 1.165) is 19.3 Å². The molecule has 0 aromatic rings. The normalized spacial score (nSPS) is 11.7. The zero-order valence-electron chi connectivity index (χ0n) is 7.11. The Hall–Kier alpha value is -0.590. The van der Waals surface area contributed by atoms with Crippen molar-refractivity contribution in [2.75, 3.05) is 0 Å². The maximum Gasteiger partial charge on any atom is 0.129 e. The summed E-state index contributed by atoms with van der Waals surface area (Å²) in [5.41, 5.74) is 1.38. The molecule has 0 spiro atoms. The second-order valence-corrected chi connectivity index (χ2v) is 2.69. The topological polar surface area (TPSA) is 17.1 Å². The summed E-state index contributed by atoms with van der Waals surface area (Å²) in [6.07, 6.45) is 4.90. The van der Waals surface area contributed by atoms with Crippen molar-refractivity contribution in [1.29, 1.82) is 0 Å². The quantitative estimate of drug-likeness (QED) is 0.549. The number of carbonyl (C=O) groups is 1. The van der Waals surface area contributed by atoms with Gasteiger partial charge in [-0.25, -0.2) is 0 Å². The van der Waals surface area contributed by atoms with Crippen molar-refractivity contribution in [3.05, 3.63) is 11.6 Å². The summed E-state index contributed by atoms with van der Waals surface area (Å²) in [4.78, 5) is 10.5. The predicted molar refractivity (Wildman–Crippen MR) is 44.0 cm³/mol. The maximum atomic E-state index is 10.5. The van der Waals surface area contributed by atoms with Crippen molar-refractivity contribution in [2.45, 2.75) is 40.0 Å². The van der Waals surface area contributed by atoms with Crippen LogP contribution in [0.1, 0.15) is 40.0 Å². The highest BCUT2D eigenvalue weighted by atomic mass is 16.1. The number of hydrogen-bond acceptors (Lipinski definition) is 1. The van der Waals surface area contributed by atoms with Gasteiger partial charge in [-0.2, -0.15) is 0 Å². The number of hydrogen-bond donors (Lipinski definition) is 0. The van der Waals surface area contributed by atoms with E-state index in [2.05, 4.69) is 13.0 Å². The van der Waals surface area contributed by atoms with Gasteiger partial charge in [-0.15, -0.1) is 0 Å². The summed E-state index contributed by atoms with van der Waals surface area (Å²) in [5, 5.41) is 0. The summed E-state index contributed by atoms with van der Waals surface area (Å²) in [6.45, 7) is 5.77. The molecular formula is C9H16O. The lowest BCUT2D eigenvalue weighted by Gasteiger charge is -1.96. The molecule has 0 aliphatic carbocycles. The third-order valence-electron chi connectivity index (χ3n) is 1.59. The Morgan fingerprint density at radius 3 is 2.30 bits per heavy atom. The van der Waals surface area contributed by atoms with Gasteiger partial charge < -0.3 is 4.79 Å². The van der Waals surface area contributed by atoms with Gasteiger partial charge in [0.15, 0.2) is 0 Å². The van der Waals surface area contributed by atoms with Gasteiger partial charge in [-0.1, -0.05) is 11.6 Å². The highest BCUT2D eigenvalue weighted by Crippen LogP contribution is 2.05. The zero-order chi connectivity index (χ0) is 7.98. The molecule has 1 nitrogen and oxygen atoms in total. The standard InChI is InChI=1S/C9H16O/c1-4-8(2)6-5-7-9(3)10/h4H,5-7H2,1-3H3/b8-4-. The molecule has 58 valence electrons. The summed E-state index contributed by atoms with van der Waals surface area (Å²) >= 11 is 0. The first-order valence-electron chi connectivity index (χ1n) is 3.78. The van der Waals surface area contributed by atoms with Gasteiger partial charge in [0.05, 0.1) is 0 Å². The maximum absolute atomic E-state index is 10.5. The van der Waals surface area contributed by atoms with Gasteiger partial charge in [0.2, 0.25) is 0 Å². The molecule has 1 heteroatoms. The van der Waals surface area contributed by atoms with E-state index in [9.17, 15) is 4.79 Å². The molecule has 0 fully saturated rings. The first-order valence-corrected chi connectivity index (χ1v) is 3.78. The summed E-state index contributed by atoms with van der Waals surface area (Å²) in [7, 11) is 0. The van der Waals surface area contributed by atoms with Crippen LogP contribution in [0, 0.1) is 0 Å². The minimum Gasteiger partial charge on any atom is -0.300 e. The van der Waals surface area contributed by atoms with E-state index in [4.69, 9.17) is 0 Å². The predicted octanol–water partition coefficient (Wildman–Crippen LogP) is 2.71. The van der Waals surface area contributed by atoms with E-state index in [1.807, 2.05) is 6.92 Å². The van der Waals surface area contributed by atoms with E-state index >= 15 is 0 Å². The Labute approximate surface area is 63.1 Å². The monoisotopic (exact) mass is 140 g/mol. The molecule has 0 aliphatic heterocycles. The smallest absolute Gasteiger partial charge is 0.129 e. The van der Waals surface area contributed by atoms with Crippen LogP contribution in [-0.4, -0.2) is 5.78 Å². The molecule has 0 rings (SSSR count). The number of carbonyl (C=O) groups excluding carboxylic acids is 1. The van der Waals surface area contributed by atoms with Crippen LogP contribution in [0.4, 0.5) is 0 Å². The van der Waals surface area contributed by atoms with E-state index in [1.54, 1.807) is 6.92 Å². The van der Waals surface area contributed by atoms with E-state index in [0.29, 0.717) is 5.78 Å². The summed E-state index contributed by atoms with van der Waals surface area (Å²) in [6, 6.07) is 0. The molecule has 0 radical (unpaired) electrons. The molecule has 0 aromatic heterocycles. The van der Waals surface area contributed by atoms with Crippen molar-refractivity contribution in [2.24, 2.45) is 0 Å². The molecule has 0 saturated carbocycles. The van der Waals surface area contributed by atoms with Crippen molar-refractivity contribution in [3.8, 4) is 0 Å². The van der Waals surface area contributed by atoms with Crippen molar-refractivity contribution in [1.82, 2.24) is 0 Å². The lowest BCUT2D eigenvalue weighted by molar-refractivity contribution is -0.117. The first-order chi connectivity index (χ1) is 4.66. The SMILES string of the molecule is C/C=C(/C)CCCC(C)=O. The molecule has 0 heterocycles. The molecule has 0 aliphatic rings. The fraction of sp³-hybridized carbons (Fsp3) is 0.667. The molecule has 0 bridgehead atoms. The number of Topliss-reactive ketones (excluding diaryl/α,β-unsaturated/α-hetero) is 1. The summed E-state index contributed by atoms with van der Waals surface area (Å²) < 4.78 is 0.